The molecule has 2 aromatic carbocycles. The number of nitrogens with zero attached hydrogens (tertiary/aromatic N) is 1. The molecule has 1 aliphatic rings. The highest BCUT2D eigenvalue weighted by Gasteiger charge is 2.31. The monoisotopic (exact) mass is 371 g/mol. The molecule has 0 bridgehead atoms. The van der Waals surface area contributed by atoms with Gasteiger partial charge in [-0.3, -0.25) is 9.69 Å². The first kappa shape index (κ1) is 18.0. The Morgan fingerprint density at radius 3 is 2.72 bits per heavy atom. The summed E-state index contributed by atoms with van der Waals surface area (Å²) in [7, 11) is 0. The molecule has 5 heteroatoms. The minimum Gasteiger partial charge on any atom is -0.490 e. The van der Waals surface area contributed by atoms with Gasteiger partial charge < -0.3 is 4.74 Å². The summed E-state index contributed by atoms with van der Waals surface area (Å²) in [6, 6.07) is 12.2. The number of thiocarbonyl (C=S) groups is 1. The van der Waals surface area contributed by atoms with E-state index in [1.54, 1.807) is 4.90 Å². The Morgan fingerprint density at radius 2 is 2.00 bits per heavy atom. The number of carbonyl (C=O) groups excluding carboxylic acids is 1. The number of thioether (sulfide) groups is 1. The smallest absolute Gasteiger partial charge is 0.266 e. The van der Waals surface area contributed by atoms with E-state index in [1.807, 2.05) is 51.1 Å². The Labute approximate surface area is 158 Å². The van der Waals surface area contributed by atoms with Gasteiger partial charge in [-0.25, -0.2) is 0 Å². The van der Waals surface area contributed by atoms with Crippen LogP contribution in [0.2, 0.25) is 0 Å². The van der Waals surface area contributed by atoms with E-state index in [1.165, 1.54) is 11.8 Å². The van der Waals surface area contributed by atoms with Crippen LogP contribution in [-0.2, 0) is 4.79 Å². The van der Waals surface area contributed by atoms with Crippen LogP contribution in [0, 0.1) is 0 Å². The largest absolute Gasteiger partial charge is 0.490 e. The number of hydrogen-bond donors (Lipinski definition) is 0. The van der Waals surface area contributed by atoms with Gasteiger partial charge in [0.15, 0.2) is 0 Å². The van der Waals surface area contributed by atoms with E-state index in [0.29, 0.717) is 15.8 Å². The Bertz CT molecular complexity index is 858. The van der Waals surface area contributed by atoms with Crippen LogP contribution >= 0.6 is 24.0 Å². The summed E-state index contributed by atoms with van der Waals surface area (Å²) in [5.41, 5.74) is 0.934. The van der Waals surface area contributed by atoms with Gasteiger partial charge in [-0.1, -0.05) is 61.2 Å². The summed E-state index contributed by atoms with van der Waals surface area (Å²) in [6.07, 6.45) is 2.87. The number of amides is 1. The van der Waals surface area contributed by atoms with Crippen LogP contribution in [0.1, 0.15) is 32.8 Å². The first-order valence-electron chi connectivity index (χ1n) is 8.45. The highest BCUT2D eigenvalue weighted by molar-refractivity contribution is 8.26. The Balaban J connectivity index is 2.11. The van der Waals surface area contributed by atoms with Crippen molar-refractivity contribution < 1.29 is 9.53 Å². The number of ether oxygens (including phenoxy) is 1. The maximum atomic E-state index is 12.7. The summed E-state index contributed by atoms with van der Waals surface area (Å²) in [5, 5.41) is 2.19. The minimum atomic E-state index is -0.0136. The molecule has 0 radical (unpaired) electrons. The Kier molecular flexibility index (Phi) is 5.45. The zero-order valence-corrected chi connectivity index (χ0v) is 16.2. The lowest BCUT2D eigenvalue weighted by atomic mass is 10.0. The minimum absolute atomic E-state index is 0.0136. The second kappa shape index (κ2) is 7.58. The molecule has 3 rings (SSSR count). The molecule has 0 saturated carbocycles. The van der Waals surface area contributed by atoms with Crippen LogP contribution in [0.5, 0.6) is 5.75 Å². The van der Waals surface area contributed by atoms with Crippen molar-refractivity contribution in [1.82, 2.24) is 4.90 Å². The molecule has 2 aromatic rings. The molecule has 25 heavy (non-hydrogen) atoms. The fourth-order valence-corrected chi connectivity index (χ4v) is 4.12. The van der Waals surface area contributed by atoms with Gasteiger partial charge in [-0.05, 0) is 43.2 Å². The van der Waals surface area contributed by atoms with Gasteiger partial charge in [0.05, 0.1) is 11.0 Å². The topological polar surface area (TPSA) is 29.5 Å². The quantitative estimate of drug-likeness (QED) is 0.531. The summed E-state index contributed by atoms with van der Waals surface area (Å²) in [4.78, 5) is 15.0. The number of benzene rings is 2. The lowest BCUT2D eigenvalue weighted by Gasteiger charge is -2.15. The molecule has 0 unspecified atom stereocenters. The number of rotatable bonds is 5. The molecule has 1 fully saturated rings. The van der Waals surface area contributed by atoms with E-state index in [4.69, 9.17) is 17.0 Å². The molecule has 0 atom stereocenters. The lowest BCUT2D eigenvalue weighted by Crippen LogP contribution is -2.28. The summed E-state index contributed by atoms with van der Waals surface area (Å²) in [5.74, 6) is 0.773. The zero-order chi connectivity index (χ0) is 18.0. The second-order valence-electron chi connectivity index (χ2n) is 6.20. The van der Waals surface area contributed by atoms with Gasteiger partial charge >= 0.3 is 0 Å². The molecular weight excluding hydrogens is 350 g/mol. The zero-order valence-electron chi connectivity index (χ0n) is 14.6. The third-order valence-corrected chi connectivity index (χ3v) is 5.27. The third-order valence-electron chi connectivity index (χ3n) is 3.89. The standard InChI is InChI=1S/C20H21NO2S2/c1-4-11-21-19(22)18(25-20(21)24)12-16-15-8-6-5-7-14(15)9-10-17(16)23-13(2)3/h5-10,12-13H,4,11H2,1-3H3/b18-12-. The predicted octanol–water partition coefficient (Wildman–Crippen LogP) is 5.24. The van der Waals surface area contributed by atoms with Crippen molar-refractivity contribution in [3.05, 3.63) is 46.9 Å². The van der Waals surface area contributed by atoms with Crippen molar-refractivity contribution >= 4 is 51.1 Å². The van der Waals surface area contributed by atoms with Crippen molar-refractivity contribution in [2.75, 3.05) is 6.54 Å². The van der Waals surface area contributed by atoms with E-state index in [0.717, 1.165) is 28.5 Å². The molecule has 0 N–H and O–H groups in total. The van der Waals surface area contributed by atoms with Crippen molar-refractivity contribution in [3.63, 3.8) is 0 Å². The average Bonchev–Trinajstić information content (AvgIpc) is 2.84. The number of fused-ring (bicyclic) bond motifs is 1. The van der Waals surface area contributed by atoms with Crippen molar-refractivity contribution in [1.29, 1.82) is 0 Å². The molecule has 0 aromatic heterocycles. The summed E-state index contributed by atoms with van der Waals surface area (Å²) < 4.78 is 6.62. The maximum Gasteiger partial charge on any atom is 0.266 e. The Hall–Kier alpha value is -1.85. The van der Waals surface area contributed by atoms with Crippen LogP contribution < -0.4 is 4.74 Å². The van der Waals surface area contributed by atoms with Crippen molar-refractivity contribution in [2.45, 2.75) is 33.3 Å². The maximum absolute atomic E-state index is 12.7. The van der Waals surface area contributed by atoms with Crippen LogP contribution in [0.4, 0.5) is 0 Å². The molecule has 1 saturated heterocycles. The molecule has 130 valence electrons. The van der Waals surface area contributed by atoms with Crippen LogP contribution in [0.15, 0.2) is 41.3 Å². The first-order valence-corrected chi connectivity index (χ1v) is 9.67. The van der Waals surface area contributed by atoms with E-state index >= 15 is 0 Å². The van der Waals surface area contributed by atoms with E-state index in [-0.39, 0.29) is 12.0 Å². The molecule has 1 heterocycles. The Morgan fingerprint density at radius 1 is 1.24 bits per heavy atom. The van der Waals surface area contributed by atoms with Crippen LogP contribution in [0.3, 0.4) is 0 Å². The fraction of sp³-hybridized carbons (Fsp3) is 0.300. The molecule has 1 aliphatic heterocycles. The SMILES string of the molecule is CCCN1C(=O)/C(=C/c2c(OC(C)C)ccc3ccccc23)SC1=S. The van der Waals surface area contributed by atoms with Gasteiger partial charge in [0, 0.05) is 12.1 Å². The fourth-order valence-electron chi connectivity index (χ4n) is 2.83. The highest BCUT2D eigenvalue weighted by Crippen LogP contribution is 2.37. The molecule has 0 aliphatic carbocycles. The summed E-state index contributed by atoms with van der Waals surface area (Å²) in [6.45, 7) is 6.70. The number of carbonyl (C=O) groups is 1. The van der Waals surface area contributed by atoms with Gasteiger partial charge in [0.2, 0.25) is 0 Å². The average molecular weight is 372 g/mol. The van der Waals surface area contributed by atoms with Crippen LogP contribution in [-0.4, -0.2) is 27.8 Å². The first-order chi connectivity index (χ1) is 12.0. The molecule has 1 amide bonds. The predicted molar refractivity (Wildman–Crippen MR) is 110 cm³/mol. The molecular formula is C20H21NO2S2. The number of hydrogen-bond acceptors (Lipinski definition) is 4. The van der Waals surface area contributed by atoms with Gasteiger partial charge in [0.1, 0.15) is 10.1 Å². The lowest BCUT2D eigenvalue weighted by molar-refractivity contribution is -0.122. The van der Waals surface area contributed by atoms with Crippen molar-refractivity contribution in [3.8, 4) is 5.75 Å². The van der Waals surface area contributed by atoms with E-state index in [2.05, 4.69) is 12.1 Å². The second-order valence-corrected chi connectivity index (χ2v) is 7.87. The van der Waals surface area contributed by atoms with E-state index < -0.39 is 0 Å². The highest BCUT2D eigenvalue weighted by atomic mass is 32.2. The molecule has 0 spiro atoms. The van der Waals surface area contributed by atoms with Crippen LogP contribution in [0.25, 0.3) is 16.8 Å². The third kappa shape index (κ3) is 3.72. The van der Waals surface area contributed by atoms with Gasteiger partial charge in [-0.2, -0.15) is 0 Å². The van der Waals surface area contributed by atoms with Gasteiger partial charge in [-0.15, -0.1) is 0 Å². The van der Waals surface area contributed by atoms with E-state index in [9.17, 15) is 4.79 Å². The summed E-state index contributed by atoms with van der Waals surface area (Å²) >= 11 is 6.74. The van der Waals surface area contributed by atoms with Crippen molar-refractivity contribution in [2.24, 2.45) is 0 Å². The molecule has 3 nitrogen and oxygen atoms in total. The normalized spacial score (nSPS) is 16.5. The van der Waals surface area contributed by atoms with Gasteiger partial charge in [0.25, 0.3) is 5.91 Å².